The number of rotatable bonds is 8. The van der Waals surface area contributed by atoms with E-state index >= 15 is 0 Å². The molecule has 0 aliphatic heterocycles. The normalized spacial score (nSPS) is 12.4. The highest BCUT2D eigenvalue weighted by Gasteiger charge is 2.22. The number of hydrogen-bond acceptors (Lipinski definition) is 4. The number of hydrogen-bond donors (Lipinski definition) is 3. The molecule has 0 saturated carbocycles. The van der Waals surface area contributed by atoms with Crippen LogP contribution in [0.5, 0.6) is 5.75 Å². The number of nitrogens with one attached hydrogen (secondary N) is 1. The third-order valence-corrected chi connectivity index (χ3v) is 3.42. The first-order valence-electron chi connectivity index (χ1n) is 6.81. The molecule has 5 nitrogen and oxygen atoms in total. The standard InChI is InChI=1S/C15H25N3O2/c1-15(2,14(16)18-19)8-5-9-17-11-12-6-4-7-13(10-12)20-3/h4,6-7,10,17,19H,5,8-9,11H2,1-3H3,(H2,16,18). The van der Waals surface area contributed by atoms with E-state index in [1.54, 1.807) is 7.11 Å². The van der Waals surface area contributed by atoms with Crippen LogP contribution < -0.4 is 15.8 Å². The maximum absolute atomic E-state index is 8.71. The molecular weight excluding hydrogens is 254 g/mol. The van der Waals surface area contributed by atoms with Crippen LogP contribution in [0.4, 0.5) is 0 Å². The van der Waals surface area contributed by atoms with Gasteiger partial charge in [-0.05, 0) is 37.1 Å². The lowest BCUT2D eigenvalue weighted by molar-refractivity contribution is 0.304. The molecule has 0 fully saturated rings. The fourth-order valence-electron chi connectivity index (χ4n) is 1.93. The summed E-state index contributed by atoms with van der Waals surface area (Å²) in [5.41, 5.74) is 6.58. The average Bonchev–Trinajstić information content (AvgIpc) is 2.46. The van der Waals surface area contributed by atoms with Crippen molar-refractivity contribution >= 4 is 5.84 Å². The Hall–Kier alpha value is -1.75. The van der Waals surface area contributed by atoms with Crippen LogP contribution in [0.1, 0.15) is 32.3 Å². The third-order valence-electron chi connectivity index (χ3n) is 3.42. The van der Waals surface area contributed by atoms with E-state index in [2.05, 4.69) is 16.5 Å². The maximum atomic E-state index is 8.71. The first-order valence-corrected chi connectivity index (χ1v) is 6.81. The Bertz CT molecular complexity index is 444. The molecule has 0 spiro atoms. The van der Waals surface area contributed by atoms with Gasteiger partial charge < -0.3 is 21.0 Å². The van der Waals surface area contributed by atoms with Crippen LogP contribution in [0.15, 0.2) is 29.4 Å². The van der Waals surface area contributed by atoms with Gasteiger partial charge in [-0.25, -0.2) is 0 Å². The Balaban J connectivity index is 2.28. The molecule has 5 heteroatoms. The minimum atomic E-state index is -0.271. The monoisotopic (exact) mass is 279 g/mol. The van der Waals surface area contributed by atoms with Gasteiger partial charge in [-0.2, -0.15) is 0 Å². The minimum Gasteiger partial charge on any atom is -0.497 e. The van der Waals surface area contributed by atoms with E-state index in [9.17, 15) is 0 Å². The smallest absolute Gasteiger partial charge is 0.144 e. The van der Waals surface area contributed by atoms with Gasteiger partial charge in [0.15, 0.2) is 0 Å². The summed E-state index contributed by atoms with van der Waals surface area (Å²) < 4.78 is 5.19. The summed E-state index contributed by atoms with van der Waals surface area (Å²) in [5.74, 6) is 1.16. The van der Waals surface area contributed by atoms with Crippen molar-refractivity contribution in [2.24, 2.45) is 16.3 Å². The zero-order valence-electron chi connectivity index (χ0n) is 12.5. The largest absolute Gasteiger partial charge is 0.497 e. The molecule has 0 aliphatic rings. The van der Waals surface area contributed by atoms with E-state index in [1.807, 2.05) is 32.0 Å². The molecule has 1 rings (SSSR count). The Morgan fingerprint density at radius 1 is 1.45 bits per heavy atom. The topological polar surface area (TPSA) is 79.9 Å². The van der Waals surface area contributed by atoms with Crippen molar-refractivity contribution in [3.63, 3.8) is 0 Å². The lowest BCUT2D eigenvalue weighted by Crippen LogP contribution is -2.32. The molecule has 1 aromatic carbocycles. The molecule has 0 aliphatic carbocycles. The van der Waals surface area contributed by atoms with Crippen molar-refractivity contribution in [1.29, 1.82) is 0 Å². The molecule has 0 bridgehead atoms. The van der Waals surface area contributed by atoms with Crippen LogP contribution in [-0.2, 0) is 6.54 Å². The molecule has 0 atom stereocenters. The summed E-state index contributed by atoms with van der Waals surface area (Å²) >= 11 is 0. The van der Waals surface area contributed by atoms with E-state index in [0.29, 0.717) is 0 Å². The van der Waals surface area contributed by atoms with Crippen LogP contribution in [0.25, 0.3) is 0 Å². The summed E-state index contributed by atoms with van der Waals surface area (Å²) in [6, 6.07) is 8.00. The number of benzene rings is 1. The molecular formula is C15H25N3O2. The number of nitrogens with two attached hydrogens (primary N) is 1. The van der Waals surface area contributed by atoms with Gasteiger partial charge in [-0.3, -0.25) is 0 Å². The molecule has 0 aromatic heterocycles. The summed E-state index contributed by atoms with van der Waals surface area (Å²) in [5, 5.41) is 15.2. The van der Waals surface area contributed by atoms with E-state index in [1.165, 1.54) is 5.56 Å². The molecule has 0 unspecified atom stereocenters. The van der Waals surface area contributed by atoms with Crippen molar-refractivity contribution in [2.45, 2.75) is 33.2 Å². The Morgan fingerprint density at radius 2 is 2.20 bits per heavy atom. The van der Waals surface area contributed by atoms with Gasteiger partial charge in [0.2, 0.25) is 0 Å². The number of methoxy groups -OCH3 is 1. The van der Waals surface area contributed by atoms with Gasteiger partial charge in [-0.1, -0.05) is 31.1 Å². The average molecular weight is 279 g/mol. The Kier molecular flexibility index (Phi) is 6.31. The van der Waals surface area contributed by atoms with Gasteiger partial charge in [0, 0.05) is 12.0 Å². The summed E-state index contributed by atoms with van der Waals surface area (Å²) in [4.78, 5) is 0. The van der Waals surface area contributed by atoms with Crippen LogP contribution in [0, 0.1) is 5.41 Å². The Morgan fingerprint density at radius 3 is 2.85 bits per heavy atom. The van der Waals surface area contributed by atoms with Crippen molar-refractivity contribution in [1.82, 2.24) is 5.32 Å². The Labute approximate surface area is 120 Å². The maximum Gasteiger partial charge on any atom is 0.144 e. The first-order chi connectivity index (χ1) is 9.49. The second kappa shape index (κ2) is 7.75. The summed E-state index contributed by atoms with van der Waals surface area (Å²) in [6.45, 7) is 5.65. The van der Waals surface area contributed by atoms with Crippen LogP contribution in [0.3, 0.4) is 0 Å². The van der Waals surface area contributed by atoms with E-state index < -0.39 is 0 Å². The number of ether oxygens (including phenoxy) is 1. The van der Waals surface area contributed by atoms with Crippen molar-refractivity contribution in [3.05, 3.63) is 29.8 Å². The summed E-state index contributed by atoms with van der Waals surface area (Å²) in [7, 11) is 1.67. The number of amidine groups is 1. The zero-order valence-corrected chi connectivity index (χ0v) is 12.5. The molecule has 1 aromatic rings. The number of nitrogens with zero attached hydrogens (tertiary/aromatic N) is 1. The number of oxime groups is 1. The van der Waals surface area contributed by atoms with Gasteiger partial charge in [-0.15, -0.1) is 0 Å². The lowest BCUT2D eigenvalue weighted by atomic mass is 9.86. The van der Waals surface area contributed by atoms with E-state index in [-0.39, 0.29) is 11.3 Å². The van der Waals surface area contributed by atoms with Crippen LogP contribution >= 0.6 is 0 Å². The SMILES string of the molecule is COc1cccc(CNCCCC(C)(C)C(N)=NO)c1. The van der Waals surface area contributed by atoms with Crippen LogP contribution in [0.2, 0.25) is 0 Å². The molecule has 0 radical (unpaired) electrons. The van der Waals surface area contributed by atoms with Crippen molar-refractivity contribution < 1.29 is 9.94 Å². The van der Waals surface area contributed by atoms with Gasteiger partial charge >= 0.3 is 0 Å². The second-order valence-electron chi connectivity index (χ2n) is 5.50. The van der Waals surface area contributed by atoms with Gasteiger partial charge in [0.25, 0.3) is 0 Å². The quantitative estimate of drug-likeness (QED) is 0.224. The lowest BCUT2D eigenvalue weighted by Gasteiger charge is -2.22. The highest BCUT2D eigenvalue weighted by Crippen LogP contribution is 2.22. The van der Waals surface area contributed by atoms with Crippen LogP contribution in [-0.4, -0.2) is 24.7 Å². The third kappa shape index (κ3) is 5.09. The predicted octanol–water partition coefficient (Wildman–Crippen LogP) is 2.34. The molecule has 20 heavy (non-hydrogen) atoms. The highest BCUT2D eigenvalue weighted by molar-refractivity contribution is 5.85. The predicted molar refractivity (Wildman–Crippen MR) is 81.1 cm³/mol. The minimum absolute atomic E-state index is 0.271. The molecule has 0 saturated heterocycles. The first kappa shape index (κ1) is 16.3. The van der Waals surface area contributed by atoms with Crippen molar-refractivity contribution in [3.8, 4) is 5.75 Å². The van der Waals surface area contributed by atoms with E-state index in [4.69, 9.17) is 15.7 Å². The van der Waals surface area contributed by atoms with Gasteiger partial charge in [0.05, 0.1) is 7.11 Å². The fourth-order valence-corrected chi connectivity index (χ4v) is 1.93. The zero-order chi connectivity index (χ0) is 15.0. The van der Waals surface area contributed by atoms with Crippen molar-refractivity contribution in [2.75, 3.05) is 13.7 Å². The molecule has 4 N–H and O–H groups in total. The fraction of sp³-hybridized carbons (Fsp3) is 0.533. The van der Waals surface area contributed by atoms with E-state index in [0.717, 1.165) is 31.7 Å². The molecule has 112 valence electrons. The summed E-state index contributed by atoms with van der Waals surface area (Å²) in [6.07, 6.45) is 1.83. The second-order valence-corrected chi connectivity index (χ2v) is 5.50. The molecule has 0 amide bonds. The van der Waals surface area contributed by atoms with Gasteiger partial charge in [0.1, 0.15) is 11.6 Å². The molecule has 0 heterocycles. The highest BCUT2D eigenvalue weighted by atomic mass is 16.5.